The number of rotatable bonds is 7. The van der Waals surface area contributed by atoms with Gasteiger partial charge in [0, 0.05) is 18.7 Å². The molecular weight excluding hydrogens is 332 g/mol. The molecule has 0 aliphatic carbocycles. The van der Waals surface area contributed by atoms with Crippen molar-refractivity contribution < 1.29 is 34.3 Å². The zero-order valence-electron chi connectivity index (χ0n) is 13.3. The molecule has 9 heteroatoms. The molecule has 1 aromatic heterocycles. The van der Waals surface area contributed by atoms with E-state index in [9.17, 15) is 9.59 Å². The summed E-state index contributed by atoms with van der Waals surface area (Å²) in [6, 6.07) is 9.44. The van der Waals surface area contributed by atoms with Crippen LogP contribution in [0, 0.1) is 0 Å². The van der Waals surface area contributed by atoms with E-state index in [0.29, 0.717) is 11.3 Å². The fourth-order valence-corrected chi connectivity index (χ4v) is 1.95. The van der Waals surface area contributed by atoms with Crippen molar-refractivity contribution in [2.75, 3.05) is 0 Å². The van der Waals surface area contributed by atoms with Crippen LogP contribution in [0.15, 0.2) is 42.6 Å². The summed E-state index contributed by atoms with van der Waals surface area (Å²) in [4.78, 5) is 31.9. The Morgan fingerprint density at radius 2 is 1.88 bits per heavy atom. The highest BCUT2D eigenvalue weighted by Crippen LogP contribution is 2.20. The molecule has 0 bridgehead atoms. The van der Waals surface area contributed by atoms with E-state index in [1.165, 1.54) is 25.3 Å². The fraction of sp³-hybridized carbons (Fsp3) is 0.188. The van der Waals surface area contributed by atoms with Gasteiger partial charge in [-0.1, -0.05) is 18.2 Å². The topological polar surface area (TPSA) is 118 Å². The third kappa shape index (κ3) is 5.62. The molecule has 0 amide bonds. The quantitative estimate of drug-likeness (QED) is 0.439. The highest BCUT2D eigenvalue weighted by molar-refractivity contribution is 5.93. The smallest absolute Gasteiger partial charge is 0.342 e. The lowest BCUT2D eigenvalue weighted by Gasteiger charge is -2.12. The first-order valence-electron chi connectivity index (χ1n) is 7.15. The number of aromatic nitrogens is 1. The first kappa shape index (κ1) is 18.5. The minimum absolute atomic E-state index is 0.0979. The average molecular weight is 348 g/mol. The molecule has 9 nitrogen and oxygen atoms in total. The number of carbonyl (C=O) groups is 2. The van der Waals surface area contributed by atoms with Crippen LogP contribution in [-0.4, -0.2) is 32.7 Å². The molecule has 0 aliphatic heterocycles. The van der Waals surface area contributed by atoms with Crippen molar-refractivity contribution >= 4 is 11.9 Å². The second-order valence-corrected chi connectivity index (χ2v) is 4.80. The Morgan fingerprint density at radius 1 is 1.12 bits per heavy atom. The van der Waals surface area contributed by atoms with E-state index in [1.54, 1.807) is 24.3 Å². The Morgan fingerprint density at radius 3 is 2.60 bits per heavy atom. The van der Waals surface area contributed by atoms with Crippen LogP contribution in [0.25, 0.3) is 0 Å². The lowest BCUT2D eigenvalue weighted by molar-refractivity contribution is -0.497. The van der Waals surface area contributed by atoms with E-state index < -0.39 is 17.3 Å². The van der Waals surface area contributed by atoms with Gasteiger partial charge in [0.05, 0.1) is 11.1 Å². The molecule has 132 valence electrons. The monoisotopic (exact) mass is 348 g/mol. The maximum absolute atomic E-state index is 12.2. The van der Waals surface area contributed by atoms with Crippen LogP contribution >= 0.6 is 0 Å². The fourth-order valence-electron chi connectivity index (χ4n) is 1.95. The number of para-hydroxylation sites is 1. The molecule has 2 aromatic rings. The first-order chi connectivity index (χ1) is 12.0. The number of hydrogen-bond donors (Lipinski definition) is 2. The van der Waals surface area contributed by atoms with E-state index in [4.69, 9.17) is 19.9 Å². The van der Waals surface area contributed by atoms with Crippen molar-refractivity contribution in [2.45, 2.75) is 20.1 Å². The van der Waals surface area contributed by atoms with E-state index >= 15 is 0 Å². The number of nitrogens with zero attached hydrogens (tertiary/aromatic N) is 2. The molecular formula is C16H16N2O7. The lowest BCUT2D eigenvalue weighted by atomic mass is 10.2. The lowest BCUT2D eigenvalue weighted by Crippen LogP contribution is -2.15. The van der Waals surface area contributed by atoms with Crippen molar-refractivity contribution in [1.29, 1.82) is 0 Å². The molecule has 0 saturated carbocycles. The molecule has 1 heterocycles. The third-order valence-electron chi connectivity index (χ3n) is 3.02. The number of pyridine rings is 1. The van der Waals surface area contributed by atoms with Gasteiger partial charge in [0.1, 0.15) is 24.5 Å². The molecule has 0 fully saturated rings. The number of benzene rings is 1. The van der Waals surface area contributed by atoms with Gasteiger partial charge in [-0.2, -0.15) is 0 Å². The first-order valence-corrected chi connectivity index (χ1v) is 7.15. The third-order valence-corrected chi connectivity index (χ3v) is 3.02. The Labute approximate surface area is 142 Å². The van der Waals surface area contributed by atoms with Crippen LogP contribution in [0.1, 0.15) is 28.5 Å². The van der Waals surface area contributed by atoms with Gasteiger partial charge in [0.15, 0.2) is 0 Å². The second kappa shape index (κ2) is 8.85. The largest absolute Gasteiger partial charge is 0.455 e. The Kier molecular flexibility index (Phi) is 6.54. The minimum atomic E-state index is -0.694. The van der Waals surface area contributed by atoms with Gasteiger partial charge in [-0.3, -0.25) is 20.2 Å². The molecule has 2 rings (SSSR count). The summed E-state index contributed by atoms with van der Waals surface area (Å²) >= 11 is 0. The summed E-state index contributed by atoms with van der Waals surface area (Å²) in [6.07, 6.45) is 1.50. The zero-order chi connectivity index (χ0) is 18.2. The summed E-state index contributed by atoms with van der Waals surface area (Å²) in [6.45, 7) is 0.870. The van der Waals surface area contributed by atoms with Crippen LogP contribution < -0.4 is 4.74 Å². The van der Waals surface area contributed by atoms with Crippen LogP contribution in [0.3, 0.4) is 0 Å². The van der Waals surface area contributed by atoms with Crippen molar-refractivity contribution in [1.82, 2.24) is 10.4 Å². The van der Waals surface area contributed by atoms with Crippen molar-refractivity contribution in [3.8, 4) is 5.75 Å². The number of hydrogen-bond acceptors (Lipinski definition) is 9. The van der Waals surface area contributed by atoms with Gasteiger partial charge in [0.2, 0.25) is 0 Å². The maximum Gasteiger partial charge on any atom is 0.342 e. The number of ether oxygens (including phenoxy) is 2. The summed E-state index contributed by atoms with van der Waals surface area (Å²) in [5.74, 6) is -1.15. The molecule has 0 unspecified atom stereocenters. The summed E-state index contributed by atoms with van der Waals surface area (Å²) in [7, 11) is 0. The maximum atomic E-state index is 12.2. The molecule has 0 radical (unpaired) electrons. The number of esters is 2. The molecule has 2 N–H and O–H groups in total. The Balaban J connectivity index is 2.07. The van der Waals surface area contributed by atoms with Crippen LogP contribution in [0.5, 0.6) is 5.75 Å². The summed E-state index contributed by atoms with van der Waals surface area (Å²) in [5.41, 5.74) is 0.975. The molecule has 0 saturated heterocycles. The molecule has 25 heavy (non-hydrogen) atoms. The highest BCUT2D eigenvalue weighted by Gasteiger charge is 2.16. The normalized spacial score (nSPS) is 10.6. The van der Waals surface area contributed by atoms with Gasteiger partial charge >= 0.3 is 11.9 Å². The zero-order valence-corrected chi connectivity index (χ0v) is 13.3. The predicted molar refractivity (Wildman–Crippen MR) is 81.3 cm³/mol. The van der Waals surface area contributed by atoms with E-state index in [0.717, 1.165) is 0 Å². The molecule has 0 aliphatic rings. The van der Waals surface area contributed by atoms with Gasteiger partial charge in [-0.25, -0.2) is 9.63 Å². The van der Waals surface area contributed by atoms with Crippen molar-refractivity contribution in [2.24, 2.45) is 0 Å². The van der Waals surface area contributed by atoms with E-state index in [2.05, 4.69) is 9.82 Å². The number of carbonyl (C=O) groups excluding carboxylic acids is 2. The summed E-state index contributed by atoms with van der Waals surface area (Å²) < 4.78 is 10.2. The second-order valence-electron chi connectivity index (χ2n) is 4.80. The summed E-state index contributed by atoms with van der Waals surface area (Å²) in [5, 5.41) is 16.8. The molecule has 0 spiro atoms. The van der Waals surface area contributed by atoms with Crippen LogP contribution in [-0.2, 0) is 27.6 Å². The Bertz CT molecular complexity index is 749. The van der Waals surface area contributed by atoms with Gasteiger partial charge in [-0.05, 0) is 18.2 Å². The van der Waals surface area contributed by atoms with Crippen LogP contribution in [0.2, 0.25) is 0 Å². The highest BCUT2D eigenvalue weighted by atomic mass is 17.1. The van der Waals surface area contributed by atoms with Crippen molar-refractivity contribution in [3.05, 3.63) is 59.4 Å². The Hall–Kier alpha value is -2.85. The van der Waals surface area contributed by atoms with Crippen LogP contribution in [0.4, 0.5) is 0 Å². The minimum Gasteiger partial charge on any atom is -0.455 e. The van der Waals surface area contributed by atoms with E-state index in [1.807, 2.05) is 0 Å². The average Bonchev–Trinajstić information content (AvgIpc) is 2.58. The standard InChI is InChI=1S/C16H16N2O7/c1-11(19)25-15-7-3-2-6-13(15)16(20)23-10-14-12(5-4-8-17-14)9-24-18(21)22/h2-8,21-22H,9-10H2,1H3. The van der Waals surface area contributed by atoms with Gasteiger partial charge < -0.3 is 9.47 Å². The van der Waals surface area contributed by atoms with E-state index in [-0.39, 0.29) is 24.5 Å². The molecule has 0 atom stereocenters. The predicted octanol–water partition coefficient (Wildman–Crippen LogP) is 1.88. The van der Waals surface area contributed by atoms with Gasteiger partial charge in [0.25, 0.3) is 0 Å². The van der Waals surface area contributed by atoms with Crippen molar-refractivity contribution in [3.63, 3.8) is 0 Å². The van der Waals surface area contributed by atoms with Gasteiger partial charge in [-0.15, -0.1) is 0 Å². The molecule has 1 aromatic carbocycles. The SMILES string of the molecule is CC(=O)Oc1ccccc1C(=O)OCc1ncccc1CON(O)O.